The number of halogens is 1. The lowest BCUT2D eigenvalue weighted by molar-refractivity contribution is -0.379. The average Bonchev–Trinajstić information content (AvgIpc) is 2.88. The number of hydrogen-bond acceptors (Lipinski definition) is 5. The molecular weight excluding hydrogens is 459 g/mol. The quantitative estimate of drug-likeness (QED) is 0.513. The molecule has 2 aromatic rings. The van der Waals surface area contributed by atoms with E-state index in [4.69, 9.17) is 23.7 Å². The fourth-order valence-electron chi connectivity index (χ4n) is 7.77. The van der Waals surface area contributed by atoms with E-state index in [0.29, 0.717) is 6.61 Å². The maximum absolute atomic E-state index is 16.3. The summed E-state index contributed by atoms with van der Waals surface area (Å²) >= 11 is 0. The minimum absolute atomic E-state index is 0.219. The van der Waals surface area contributed by atoms with Crippen molar-refractivity contribution in [1.82, 2.24) is 0 Å². The Labute approximate surface area is 212 Å². The first-order chi connectivity index (χ1) is 17.6. The first-order valence-electron chi connectivity index (χ1n) is 13.6. The second-order valence-corrected chi connectivity index (χ2v) is 11.6. The normalized spacial score (nSPS) is 43.3. The Hall–Kier alpha value is -1.83. The van der Waals surface area contributed by atoms with Gasteiger partial charge in [-0.25, -0.2) is 4.39 Å². The molecule has 192 valence electrons. The summed E-state index contributed by atoms with van der Waals surface area (Å²) in [6.45, 7) is 0.558. The molecule has 4 aliphatic carbocycles. The van der Waals surface area contributed by atoms with Gasteiger partial charge < -0.3 is 23.7 Å². The fourth-order valence-corrected chi connectivity index (χ4v) is 7.77. The Bertz CT molecular complexity index is 997. The molecule has 0 N–H and O–H groups in total. The highest BCUT2D eigenvalue weighted by Gasteiger charge is 2.57. The van der Waals surface area contributed by atoms with Crippen LogP contribution in [0.25, 0.3) is 0 Å². The van der Waals surface area contributed by atoms with Crippen LogP contribution >= 0.6 is 0 Å². The molecule has 0 spiro atoms. The van der Waals surface area contributed by atoms with Crippen LogP contribution in [0.2, 0.25) is 0 Å². The first kappa shape index (κ1) is 23.3. The van der Waals surface area contributed by atoms with Crippen molar-refractivity contribution in [1.29, 1.82) is 0 Å². The van der Waals surface area contributed by atoms with E-state index in [2.05, 4.69) is 0 Å². The number of benzene rings is 2. The summed E-state index contributed by atoms with van der Waals surface area (Å²) in [7, 11) is 0. The third-order valence-electron chi connectivity index (χ3n) is 8.97. The second-order valence-electron chi connectivity index (χ2n) is 11.6. The highest BCUT2D eigenvalue weighted by molar-refractivity contribution is 5.17. The largest absolute Gasteiger partial charge is 0.365 e. The van der Waals surface area contributed by atoms with E-state index in [-0.39, 0.29) is 12.2 Å². The number of alkyl halides is 1. The van der Waals surface area contributed by atoms with E-state index in [1.165, 1.54) is 19.3 Å². The molecule has 4 bridgehead atoms. The molecule has 2 saturated heterocycles. The van der Waals surface area contributed by atoms with Gasteiger partial charge in [-0.2, -0.15) is 0 Å². The summed E-state index contributed by atoms with van der Waals surface area (Å²) in [4.78, 5) is 0. The maximum Gasteiger partial charge on any atom is 0.187 e. The smallest absolute Gasteiger partial charge is 0.187 e. The van der Waals surface area contributed by atoms with Crippen molar-refractivity contribution in [2.75, 3.05) is 6.61 Å². The van der Waals surface area contributed by atoms with Crippen LogP contribution in [0.5, 0.6) is 0 Å². The molecule has 0 radical (unpaired) electrons. The molecule has 5 nitrogen and oxygen atoms in total. The Kier molecular flexibility index (Phi) is 6.14. The van der Waals surface area contributed by atoms with Crippen LogP contribution < -0.4 is 0 Å². The van der Waals surface area contributed by atoms with Gasteiger partial charge in [-0.15, -0.1) is 0 Å². The van der Waals surface area contributed by atoms with Gasteiger partial charge in [-0.1, -0.05) is 60.7 Å². The maximum atomic E-state index is 16.3. The molecule has 2 heterocycles. The Balaban J connectivity index is 1.12. The zero-order chi connectivity index (χ0) is 24.1. The van der Waals surface area contributed by atoms with Crippen molar-refractivity contribution >= 4 is 0 Å². The van der Waals surface area contributed by atoms with Gasteiger partial charge in [0.25, 0.3) is 0 Å². The van der Waals surface area contributed by atoms with Crippen molar-refractivity contribution < 1.29 is 28.1 Å². The fraction of sp³-hybridized carbons (Fsp3) is 0.600. The minimum Gasteiger partial charge on any atom is -0.365 e. The van der Waals surface area contributed by atoms with Gasteiger partial charge in [0.15, 0.2) is 18.8 Å². The number of hydrogen-bond donors (Lipinski definition) is 0. The van der Waals surface area contributed by atoms with E-state index in [1.54, 1.807) is 0 Å². The molecule has 6 heteroatoms. The van der Waals surface area contributed by atoms with Crippen LogP contribution in [0.3, 0.4) is 0 Å². The molecule has 2 aliphatic heterocycles. The van der Waals surface area contributed by atoms with Crippen LogP contribution in [0, 0.1) is 17.8 Å². The molecule has 0 aromatic heterocycles. The molecule has 4 saturated carbocycles. The molecule has 8 rings (SSSR count). The summed E-state index contributed by atoms with van der Waals surface area (Å²) in [6.07, 6.45) is 2.16. The van der Waals surface area contributed by atoms with E-state index >= 15 is 4.39 Å². The number of rotatable bonds is 6. The zero-order valence-corrected chi connectivity index (χ0v) is 20.5. The van der Waals surface area contributed by atoms with Crippen LogP contribution in [-0.2, 0) is 30.3 Å². The molecule has 2 unspecified atom stereocenters. The summed E-state index contributed by atoms with van der Waals surface area (Å²) in [5, 5.41) is 0. The van der Waals surface area contributed by atoms with Gasteiger partial charge in [-0.3, -0.25) is 0 Å². The highest BCUT2D eigenvalue weighted by atomic mass is 19.1. The number of fused-ring (bicyclic) bond motifs is 1. The average molecular weight is 495 g/mol. The van der Waals surface area contributed by atoms with Crippen molar-refractivity contribution in [3.05, 3.63) is 71.8 Å². The van der Waals surface area contributed by atoms with Gasteiger partial charge in [-0.05, 0) is 61.8 Å². The molecule has 6 atom stereocenters. The van der Waals surface area contributed by atoms with Gasteiger partial charge >= 0.3 is 0 Å². The van der Waals surface area contributed by atoms with Gasteiger partial charge in [0.1, 0.15) is 18.3 Å². The zero-order valence-electron chi connectivity index (χ0n) is 20.5. The Morgan fingerprint density at radius 1 is 0.833 bits per heavy atom. The molecule has 36 heavy (non-hydrogen) atoms. The Morgan fingerprint density at radius 3 is 2.14 bits per heavy atom. The van der Waals surface area contributed by atoms with Gasteiger partial charge in [0.2, 0.25) is 0 Å². The lowest BCUT2D eigenvalue weighted by atomic mass is 9.54. The molecular formula is C30H35FO5. The van der Waals surface area contributed by atoms with E-state index < -0.39 is 37.1 Å². The monoisotopic (exact) mass is 494 g/mol. The van der Waals surface area contributed by atoms with Crippen LogP contribution in [-0.4, -0.2) is 43.0 Å². The molecule has 2 aromatic carbocycles. The SMILES string of the molecule is F[C@H]1[C@@H]2OC(c3ccccc3)OC[C@H]2OC(OC23CC4CC(CC(C4)C2)C3)[C@@H]1OCc1ccccc1. The molecule has 0 amide bonds. The van der Waals surface area contributed by atoms with Crippen molar-refractivity contribution in [2.45, 2.75) is 87.8 Å². The predicted octanol–water partition coefficient (Wildman–Crippen LogP) is 5.73. The van der Waals surface area contributed by atoms with E-state index in [1.807, 2.05) is 60.7 Å². The van der Waals surface area contributed by atoms with Gasteiger partial charge in [0.05, 0.1) is 18.8 Å². The second kappa shape index (κ2) is 9.48. The lowest BCUT2D eigenvalue weighted by Crippen LogP contribution is -2.64. The standard InChI is InChI=1S/C30H35FO5/c31-25-26-24(18-33-28(35-26)23-9-5-2-6-10-23)34-29(27(25)32-17-19-7-3-1-4-8-19)36-30-14-20-11-21(15-30)13-22(12-20)16-30/h1-10,20-22,24-29H,11-18H2/t20?,21?,22?,24-,25+,26-,27-,28?,29?,30?/m1/s1. The van der Waals surface area contributed by atoms with Crippen LogP contribution in [0.1, 0.15) is 55.9 Å². The Morgan fingerprint density at radius 2 is 1.47 bits per heavy atom. The predicted molar refractivity (Wildman–Crippen MR) is 131 cm³/mol. The highest BCUT2D eigenvalue weighted by Crippen LogP contribution is 2.58. The molecule has 6 fully saturated rings. The minimum atomic E-state index is -1.39. The third kappa shape index (κ3) is 4.41. The van der Waals surface area contributed by atoms with Crippen LogP contribution in [0.15, 0.2) is 60.7 Å². The van der Waals surface area contributed by atoms with Crippen molar-refractivity contribution in [3.8, 4) is 0 Å². The number of ether oxygens (including phenoxy) is 5. The molecule has 6 aliphatic rings. The van der Waals surface area contributed by atoms with Crippen molar-refractivity contribution in [2.24, 2.45) is 17.8 Å². The topological polar surface area (TPSA) is 46.2 Å². The lowest BCUT2D eigenvalue weighted by Gasteiger charge is -2.58. The van der Waals surface area contributed by atoms with E-state index in [0.717, 1.165) is 48.1 Å². The first-order valence-corrected chi connectivity index (χ1v) is 13.6. The van der Waals surface area contributed by atoms with Gasteiger partial charge in [0, 0.05) is 5.56 Å². The van der Waals surface area contributed by atoms with E-state index in [9.17, 15) is 0 Å². The van der Waals surface area contributed by atoms with Crippen molar-refractivity contribution in [3.63, 3.8) is 0 Å². The summed E-state index contributed by atoms with van der Waals surface area (Å²) < 4.78 is 48.0. The summed E-state index contributed by atoms with van der Waals surface area (Å²) in [5.41, 5.74) is 1.65. The van der Waals surface area contributed by atoms with Crippen LogP contribution in [0.4, 0.5) is 4.39 Å². The third-order valence-corrected chi connectivity index (χ3v) is 8.97. The summed E-state index contributed by atoms with van der Waals surface area (Å²) in [5.74, 6) is 2.18. The summed E-state index contributed by atoms with van der Waals surface area (Å²) in [6, 6.07) is 19.6.